The molecule has 0 heterocycles. The maximum absolute atomic E-state index is 12.1. The van der Waals surface area contributed by atoms with Crippen molar-refractivity contribution in [3.05, 3.63) is 59.2 Å². The first-order valence-electron chi connectivity index (χ1n) is 8.15. The van der Waals surface area contributed by atoms with E-state index in [1.807, 2.05) is 56.3 Å². The van der Waals surface area contributed by atoms with E-state index in [1.165, 1.54) is 6.92 Å². The molecular formula is C20H24N2O3. The van der Waals surface area contributed by atoms with Crippen LogP contribution in [0.15, 0.2) is 42.5 Å². The number of benzene rings is 2. The molecule has 5 heteroatoms. The Labute approximate surface area is 148 Å². The average molecular weight is 340 g/mol. The largest absolute Gasteiger partial charge is 0.483 e. The first-order chi connectivity index (χ1) is 11.8. The van der Waals surface area contributed by atoms with E-state index in [1.54, 1.807) is 11.9 Å². The highest BCUT2D eigenvalue weighted by Gasteiger charge is 2.08. The molecule has 25 heavy (non-hydrogen) atoms. The molecule has 0 spiro atoms. The summed E-state index contributed by atoms with van der Waals surface area (Å²) < 4.78 is 5.59. The number of anilines is 1. The van der Waals surface area contributed by atoms with Crippen LogP contribution in [0.2, 0.25) is 0 Å². The van der Waals surface area contributed by atoms with Gasteiger partial charge in [0.05, 0.1) is 0 Å². The highest BCUT2D eigenvalue weighted by molar-refractivity contribution is 5.92. The zero-order chi connectivity index (χ0) is 18.4. The molecule has 0 bridgehead atoms. The minimum absolute atomic E-state index is 0.00342. The lowest BCUT2D eigenvalue weighted by Gasteiger charge is -2.15. The van der Waals surface area contributed by atoms with Gasteiger partial charge in [-0.1, -0.05) is 29.8 Å². The van der Waals surface area contributed by atoms with E-state index >= 15 is 0 Å². The highest BCUT2D eigenvalue weighted by atomic mass is 16.5. The van der Waals surface area contributed by atoms with Crippen LogP contribution in [-0.4, -0.2) is 30.4 Å². The molecule has 2 rings (SSSR count). The number of nitrogens with zero attached hydrogens (tertiary/aromatic N) is 1. The van der Waals surface area contributed by atoms with Crippen molar-refractivity contribution >= 4 is 17.5 Å². The Kier molecular flexibility index (Phi) is 6.17. The van der Waals surface area contributed by atoms with E-state index in [9.17, 15) is 9.59 Å². The molecule has 0 aliphatic carbocycles. The van der Waals surface area contributed by atoms with Crippen molar-refractivity contribution in [2.45, 2.75) is 27.3 Å². The number of nitrogens with one attached hydrogen (secondary N) is 1. The molecule has 0 saturated heterocycles. The van der Waals surface area contributed by atoms with Gasteiger partial charge in [-0.3, -0.25) is 9.59 Å². The summed E-state index contributed by atoms with van der Waals surface area (Å²) in [7, 11) is 1.74. The van der Waals surface area contributed by atoms with Gasteiger partial charge in [-0.25, -0.2) is 0 Å². The molecule has 2 aromatic rings. The molecular weight excluding hydrogens is 316 g/mol. The summed E-state index contributed by atoms with van der Waals surface area (Å²) in [6, 6.07) is 13.3. The van der Waals surface area contributed by atoms with Gasteiger partial charge in [-0.15, -0.1) is 0 Å². The summed E-state index contributed by atoms with van der Waals surface area (Å²) in [5.41, 5.74) is 3.79. The first kappa shape index (κ1) is 18.5. The van der Waals surface area contributed by atoms with Crippen molar-refractivity contribution in [2.75, 3.05) is 19.0 Å². The van der Waals surface area contributed by atoms with E-state index in [2.05, 4.69) is 5.32 Å². The normalized spacial score (nSPS) is 10.2. The number of hydrogen-bond acceptors (Lipinski definition) is 3. The lowest BCUT2D eigenvalue weighted by atomic mass is 10.1. The van der Waals surface area contributed by atoms with E-state index in [4.69, 9.17) is 4.74 Å². The molecule has 0 fully saturated rings. The Morgan fingerprint density at radius 1 is 1.12 bits per heavy atom. The van der Waals surface area contributed by atoms with Gasteiger partial charge < -0.3 is 15.0 Å². The van der Waals surface area contributed by atoms with Gasteiger partial charge in [0.1, 0.15) is 5.75 Å². The van der Waals surface area contributed by atoms with Crippen LogP contribution in [0.3, 0.4) is 0 Å². The predicted molar refractivity (Wildman–Crippen MR) is 98.6 cm³/mol. The van der Waals surface area contributed by atoms with Crippen LogP contribution in [0, 0.1) is 13.8 Å². The Morgan fingerprint density at radius 3 is 2.56 bits per heavy atom. The molecule has 0 aromatic heterocycles. The van der Waals surface area contributed by atoms with Crippen molar-refractivity contribution in [3.8, 4) is 5.75 Å². The Bertz CT molecular complexity index is 771. The summed E-state index contributed by atoms with van der Waals surface area (Å²) in [4.78, 5) is 25.0. The quantitative estimate of drug-likeness (QED) is 0.878. The first-order valence-corrected chi connectivity index (χ1v) is 8.15. The minimum Gasteiger partial charge on any atom is -0.483 e. The monoisotopic (exact) mass is 340 g/mol. The average Bonchev–Trinajstić information content (AvgIpc) is 2.54. The third-order valence-corrected chi connectivity index (χ3v) is 3.86. The number of hydrogen-bond donors (Lipinski definition) is 1. The number of carbonyl (C=O) groups excluding carboxylic acids is 2. The van der Waals surface area contributed by atoms with Gasteiger partial charge in [-0.05, 0) is 43.2 Å². The summed E-state index contributed by atoms with van der Waals surface area (Å²) >= 11 is 0. The van der Waals surface area contributed by atoms with E-state index in [-0.39, 0.29) is 18.4 Å². The molecule has 1 N–H and O–H groups in total. The van der Waals surface area contributed by atoms with Crippen LogP contribution >= 0.6 is 0 Å². The van der Waals surface area contributed by atoms with Crippen LogP contribution in [0.1, 0.15) is 23.6 Å². The molecule has 0 aliphatic rings. The molecule has 0 saturated carbocycles. The maximum Gasteiger partial charge on any atom is 0.262 e. The van der Waals surface area contributed by atoms with Crippen LogP contribution in [0.25, 0.3) is 0 Å². The Hall–Kier alpha value is -2.82. The second kappa shape index (κ2) is 8.33. The van der Waals surface area contributed by atoms with Crippen molar-refractivity contribution in [3.63, 3.8) is 0 Å². The molecule has 132 valence electrons. The van der Waals surface area contributed by atoms with Gasteiger partial charge >= 0.3 is 0 Å². The summed E-state index contributed by atoms with van der Waals surface area (Å²) in [6.45, 7) is 5.94. The van der Waals surface area contributed by atoms with Gasteiger partial charge in [0, 0.05) is 26.2 Å². The number of ether oxygens (including phenoxy) is 1. The zero-order valence-electron chi connectivity index (χ0n) is 15.1. The Morgan fingerprint density at radius 2 is 1.88 bits per heavy atom. The fourth-order valence-corrected chi connectivity index (χ4v) is 2.43. The number of rotatable bonds is 6. The number of aryl methyl sites for hydroxylation is 2. The molecule has 5 nitrogen and oxygen atoms in total. The second-order valence-corrected chi connectivity index (χ2v) is 6.18. The van der Waals surface area contributed by atoms with Gasteiger partial charge in [-0.2, -0.15) is 0 Å². The molecule has 0 unspecified atom stereocenters. The summed E-state index contributed by atoms with van der Waals surface area (Å²) in [6.07, 6.45) is 0. The lowest BCUT2D eigenvalue weighted by Crippen LogP contribution is -2.23. The standard InChI is InChI=1S/C20H24N2O3/c1-14-8-9-19(15(2)10-14)25-13-20(24)21-18-7-5-6-17(11-18)12-22(4)16(3)23/h5-11H,12-13H2,1-4H3,(H,21,24). The maximum atomic E-state index is 12.1. The Balaban J connectivity index is 1.93. The number of carbonyl (C=O) groups is 2. The zero-order valence-corrected chi connectivity index (χ0v) is 15.1. The van der Waals surface area contributed by atoms with E-state index in [0.717, 1.165) is 16.7 Å². The fraction of sp³-hybridized carbons (Fsp3) is 0.300. The van der Waals surface area contributed by atoms with Crippen LogP contribution in [0.5, 0.6) is 5.75 Å². The van der Waals surface area contributed by atoms with Gasteiger partial charge in [0.15, 0.2) is 6.61 Å². The summed E-state index contributed by atoms with van der Waals surface area (Å²) in [5, 5.41) is 2.82. The van der Waals surface area contributed by atoms with Crippen molar-refractivity contribution in [1.82, 2.24) is 4.90 Å². The third-order valence-electron chi connectivity index (χ3n) is 3.86. The number of amides is 2. The topological polar surface area (TPSA) is 58.6 Å². The van der Waals surface area contributed by atoms with E-state index in [0.29, 0.717) is 18.0 Å². The smallest absolute Gasteiger partial charge is 0.262 e. The van der Waals surface area contributed by atoms with Crippen molar-refractivity contribution in [2.24, 2.45) is 0 Å². The fourth-order valence-electron chi connectivity index (χ4n) is 2.43. The second-order valence-electron chi connectivity index (χ2n) is 6.18. The SMILES string of the molecule is CC(=O)N(C)Cc1cccc(NC(=O)COc2ccc(C)cc2C)c1. The summed E-state index contributed by atoms with van der Waals surface area (Å²) in [5.74, 6) is 0.478. The molecule has 2 amide bonds. The third kappa shape index (κ3) is 5.64. The van der Waals surface area contributed by atoms with Crippen LogP contribution in [-0.2, 0) is 16.1 Å². The lowest BCUT2D eigenvalue weighted by molar-refractivity contribution is -0.128. The van der Waals surface area contributed by atoms with Crippen molar-refractivity contribution in [1.29, 1.82) is 0 Å². The molecule has 2 aromatic carbocycles. The molecule has 0 radical (unpaired) electrons. The van der Waals surface area contributed by atoms with E-state index < -0.39 is 0 Å². The van der Waals surface area contributed by atoms with Crippen LogP contribution < -0.4 is 10.1 Å². The highest BCUT2D eigenvalue weighted by Crippen LogP contribution is 2.19. The molecule has 0 aliphatic heterocycles. The molecule has 0 atom stereocenters. The van der Waals surface area contributed by atoms with Gasteiger partial charge in [0.25, 0.3) is 5.91 Å². The predicted octanol–water partition coefficient (Wildman–Crippen LogP) is 3.30. The minimum atomic E-state index is -0.225. The van der Waals surface area contributed by atoms with Crippen LogP contribution in [0.4, 0.5) is 5.69 Å². The van der Waals surface area contributed by atoms with Gasteiger partial charge in [0.2, 0.25) is 5.91 Å². The van der Waals surface area contributed by atoms with Crippen molar-refractivity contribution < 1.29 is 14.3 Å².